The molecule has 1 aromatic carbocycles. The average molecular weight is 446 g/mol. The number of carbonyl (C=O) groups excluding carboxylic acids is 2. The summed E-state index contributed by atoms with van der Waals surface area (Å²) in [6.45, 7) is 10.5. The van der Waals surface area contributed by atoms with E-state index in [1.165, 1.54) is 11.3 Å². The van der Waals surface area contributed by atoms with Crippen LogP contribution >= 0.6 is 11.3 Å². The number of hydrogen-bond acceptors (Lipinski definition) is 6. The topological polar surface area (TPSA) is 73.9 Å². The van der Waals surface area contributed by atoms with Gasteiger partial charge in [-0.3, -0.25) is 4.79 Å². The first-order valence-corrected chi connectivity index (χ1v) is 11.5. The summed E-state index contributed by atoms with van der Waals surface area (Å²) < 4.78 is 16.9. The number of thiophene rings is 1. The fraction of sp³-hybridized carbons (Fsp3) is 0.500. The Morgan fingerprint density at radius 2 is 1.84 bits per heavy atom. The van der Waals surface area contributed by atoms with Crippen molar-refractivity contribution < 1.29 is 23.8 Å². The minimum absolute atomic E-state index is 0.00724. The lowest BCUT2D eigenvalue weighted by Crippen LogP contribution is -2.32. The molecule has 3 rings (SSSR count). The van der Waals surface area contributed by atoms with Gasteiger partial charge in [-0.25, -0.2) is 4.79 Å². The highest BCUT2D eigenvalue weighted by Crippen LogP contribution is 2.46. The summed E-state index contributed by atoms with van der Waals surface area (Å²) in [5.74, 6) is 0.527. The molecule has 0 saturated carbocycles. The van der Waals surface area contributed by atoms with Crippen molar-refractivity contribution in [2.45, 2.75) is 53.2 Å². The molecule has 0 fully saturated rings. The highest BCUT2D eigenvalue weighted by Gasteiger charge is 2.38. The standard InChI is InChI=1S/C24H31NO5S/c1-7-29-24(27)19-17-12-18(13(2)3)30-20(14(4)5)21(17)31-23(19)25-22(26)15-8-10-16(28-6)11-9-15/h8-11,13-14,18,20H,7,12H2,1-6H3,(H,25,26)/t18-,20-/m0/s1. The Bertz CT molecular complexity index is 932. The molecule has 2 aromatic rings. The van der Waals surface area contributed by atoms with Crippen molar-refractivity contribution in [1.29, 1.82) is 0 Å². The van der Waals surface area contributed by atoms with Crippen molar-refractivity contribution >= 4 is 28.2 Å². The smallest absolute Gasteiger partial charge is 0.341 e. The van der Waals surface area contributed by atoms with E-state index >= 15 is 0 Å². The van der Waals surface area contributed by atoms with Crippen molar-refractivity contribution in [3.8, 4) is 5.75 Å². The maximum Gasteiger partial charge on any atom is 0.341 e. The van der Waals surface area contributed by atoms with Crippen LogP contribution in [-0.4, -0.2) is 31.7 Å². The number of fused-ring (bicyclic) bond motifs is 1. The zero-order chi connectivity index (χ0) is 22.7. The van der Waals surface area contributed by atoms with Crippen molar-refractivity contribution in [2.75, 3.05) is 19.0 Å². The molecule has 0 bridgehead atoms. The van der Waals surface area contributed by atoms with Gasteiger partial charge in [0.1, 0.15) is 10.8 Å². The quantitative estimate of drug-likeness (QED) is 0.571. The third kappa shape index (κ3) is 4.93. The molecule has 0 aliphatic carbocycles. The first kappa shape index (κ1) is 23.3. The van der Waals surface area contributed by atoms with E-state index < -0.39 is 5.97 Å². The number of rotatable bonds is 7. The number of anilines is 1. The predicted octanol–water partition coefficient (Wildman–Crippen LogP) is 5.48. The lowest BCUT2D eigenvalue weighted by Gasteiger charge is -2.34. The van der Waals surface area contributed by atoms with E-state index in [0.717, 1.165) is 10.4 Å². The second-order valence-electron chi connectivity index (χ2n) is 8.34. The van der Waals surface area contributed by atoms with E-state index in [2.05, 4.69) is 33.0 Å². The molecule has 0 spiro atoms. The van der Waals surface area contributed by atoms with Crippen molar-refractivity contribution in [3.63, 3.8) is 0 Å². The SMILES string of the molecule is CCOC(=O)c1c(NC(=O)c2ccc(OC)cc2)sc2c1C[C@@H](C(C)C)O[C@H]2C(C)C. The minimum atomic E-state index is -0.406. The molecular weight excluding hydrogens is 414 g/mol. The molecule has 6 nitrogen and oxygen atoms in total. The van der Waals surface area contributed by atoms with Gasteiger partial charge in [0.2, 0.25) is 0 Å². The Hall–Kier alpha value is -2.38. The Kier molecular flexibility index (Phi) is 7.38. The zero-order valence-electron chi connectivity index (χ0n) is 19.0. The van der Waals surface area contributed by atoms with Gasteiger partial charge in [-0.2, -0.15) is 0 Å². The number of hydrogen-bond donors (Lipinski definition) is 1. The number of amides is 1. The zero-order valence-corrected chi connectivity index (χ0v) is 19.8. The second-order valence-corrected chi connectivity index (χ2v) is 9.39. The number of esters is 1. The molecule has 0 unspecified atom stereocenters. The van der Waals surface area contributed by atoms with E-state index in [9.17, 15) is 9.59 Å². The van der Waals surface area contributed by atoms with Crippen LogP contribution in [0.5, 0.6) is 5.75 Å². The molecule has 1 amide bonds. The number of ether oxygens (including phenoxy) is 3. The molecule has 2 atom stereocenters. The molecule has 31 heavy (non-hydrogen) atoms. The normalized spacial score (nSPS) is 18.1. The summed E-state index contributed by atoms with van der Waals surface area (Å²) in [5, 5.41) is 3.46. The van der Waals surface area contributed by atoms with Crippen LogP contribution in [0.15, 0.2) is 24.3 Å². The van der Waals surface area contributed by atoms with Crippen LogP contribution in [0, 0.1) is 11.8 Å². The van der Waals surface area contributed by atoms with Gasteiger partial charge in [0.25, 0.3) is 5.91 Å². The van der Waals surface area contributed by atoms with Crippen LogP contribution in [0.25, 0.3) is 0 Å². The summed E-state index contributed by atoms with van der Waals surface area (Å²) in [7, 11) is 1.58. The maximum atomic E-state index is 12.9. The second kappa shape index (κ2) is 9.83. The Morgan fingerprint density at radius 1 is 1.16 bits per heavy atom. The van der Waals surface area contributed by atoms with Gasteiger partial charge in [-0.1, -0.05) is 27.7 Å². The molecule has 7 heteroatoms. The molecule has 0 radical (unpaired) electrons. The summed E-state index contributed by atoms with van der Waals surface area (Å²) in [6, 6.07) is 6.86. The molecule has 1 aromatic heterocycles. The van der Waals surface area contributed by atoms with Gasteiger partial charge < -0.3 is 19.5 Å². The Balaban J connectivity index is 2.02. The monoisotopic (exact) mass is 445 g/mol. The summed E-state index contributed by atoms with van der Waals surface area (Å²) in [6.07, 6.45) is 0.507. The first-order chi connectivity index (χ1) is 14.8. The van der Waals surface area contributed by atoms with Crippen LogP contribution in [-0.2, 0) is 15.9 Å². The number of carbonyl (C=O) groups is 2. The van der Waals surface area contributed by atoms with Crippen molar-refractivity contribution in [1.82, 2.24) is 0 Å². The van der Waals surface area contributed by atoms with Gasteiger partial charge >= 0.3 is 5.97 Å². The van der Waals surface area contributed by atoms with Gasteiger partial charge in [-0.05, 0) is 48.6 Å². The molecule has 1 N–H and O–H groups in total. The largest absolute Gasteiger partial charge is 0.497 e. The van der Waals surface area contributed by atoms with Crippen LogP contribution in [0.3, 0.4) is 0 Å². The van der Waals surface area contributed by atoms with E-state index in [-0.39, 0.29) is 30.6 Å². The molecule has 1 aliphatic heterocycles. The van der Waals surface area contributed by atoms with Crippen LogP contribution in [0.2, 0.25) is 0 Å². The molecule has 1 aliphatic rings. The molecular formula is C24H31NO5S. The Labute approximate surface area is 187 Å². The summed E-state index contributed by atoms with van der Waals surface area (Å²) in [4.78, 5) is 26.8. The van der Waals surface area contributed by atoms with E-state index in [4.69, 9.17) is 14.2 Å². The van der Waals surface area contributed by atoms with Gasteiger partial charge in [0.05, 0.1) is 31.5 Å². The summed E-state index contributed by atoms with van der Waals surface area (Å²) >= 11 is 1.41. The van der Waals surface area contributed by atoms with E-state index in [1.807, 2.05) is 0 Å². The van der Waals surface area contributed by atoms with Gasteiger partial charge in [0, 0.05) is 16.9 Å². The minimum Gasteiger partial charge on any atom is -0.497 e. The molecule has 0 saturated heterocycles. The van der Waals surface area contributed by atoms with E-state index in [0.29, 0.717) is 34.2 Å². The number of nitrogens with one attached hydrogen (secondary N) is 1. The fourth-order valence-electron chi connectivity index (χ4n) is 3.69. The van der Waals surface area contributed by atoms with Gasteiger partial charge in [0.15, 0.2) is 0 Å². The van der Waals surface area contributed by atoms with Crippen molar-refractivity contribution in [2.24, 2.45) is 11.8 Å². The third-order valence-corrected chi connectivity index (χ3v) is 6.64. The molecule has 168 valence electrons. The highest BCUT2D eigenvalue weighted by atomic mass is 32.1. The average Bonchev–Trinajstić information content (AvgIpc) is 3.10. The number of methoxy groups -OCH3 is 1. The lowest BCUT2D eigenvalue weighted by atomic mass is 9.89. The van der Waals surface area contributed by atoms with Crippen LogP contribution in [0.1, 0.15) is 71.9 Å². The van der Waals surface area contributed by atoms with Crippen LogP contribution < -0.4 is 10.1 Å². The lowest BCUT2D eigenvalue weighted by molar-refractivity contribution is -0.0671. The third-order valence-electron chi connectivity index (χ3n) is 5.43. The highest BCUT2D eigenvalue weighted by molar-refractivity contribution is 7.17. The fourth-order valence-corrected chi connectivity index (χ4v) is 5.12. The number of benzene rings is 1. The maximum absolute atomic E-state index is 12.9. The van der Waals surface area contributed by atoms with Gasteiger partial charge in [-0.15, -0.1) is 11.3 Å². The van der Waals surface area contributed by atoms with E-state index in [1.54, 1.807) is 38.3 Å². The molecule has 2 heterocycles. The predicted molar refractivity (Wildman–Crippen MR) is 122 cm³/mol. The summed E-state index contributed by atoms with van der Waals surface area (Å²) in [5.41, 5.74) is 1.89. The van der Waals surface area contributed by atoms with Crippen molar-refractivity contribution in [3.05, 3.63) is 45.8 Å². The Morgan fingerprint density at radius 3 is 2.39 bits per heavy atom. The first-order valence-electron chi connectivity index (χ1n) is 10.7. The van der Waals surface area contributed by atoms with Crippen LogP contribution in [0.4, 0.5) is 5.00 Å².